The first-order valence-corrected chi connectivity index (χ1v) is 11.3. The number of methoxy groups -OCH3 is 2. The minimum absolute atomic E-state index is 0.0864. The van der Waals surface area contributed by atoms with Crippen LogP contribution in [0.3, 0.4) is 0 Å². The second-order valence-electron chi connectivity index (χ2n) is 9.20. The van der Waals surface area contributed by atoms with Gasteiger partial charge in [-0.3, -0.25) is 9.59 Å². The zero-order valence-corrected chi connectivity index (χ0v) is 18.4. The molecule has 3 aliphatic rings. The van der Waals surface area contributed by atoms with E-state index >= 15 is 0 Å². The summed E-state index contributed by atoms with van der Waals surface area (Å²) in [6.07, 6.45) is 7.62. The Hall–Kier alpha value is -1.18. The Kier molecular flexibility index (Phi) is 7.93. The minimum atomic E-state index is -0.524. The molecule has 0 unspecified atom stereocenters. The summed E-state index contributed by atoms with van der Waals surface area (Å²) < 4.78 is 11.8. The van der Waals surface area contributed by atoms with Crippen LogP contribution in [0.25, 0.3) is 0 Å². The molecule has 0 spiro atoms. The van der Waals surface area contributed by atoms with E-state index in [1.807, 2.05) is 21.3 Å². The number of amides is 2. The zero-order chi connectivity index (χ0) is 21.0. The number of likely N-dealkylation sites (N-methyl/N-ethyl adjacent to an activating group) is 1. The van der Waals surface area contributed by atoms with Gasteiger partial charge in [-0.2, -0.15) is 0 Å². The topological polar surface area (TPSA) is 88.7 Å². The van der Waals surface area contributed by atoms with Crippen molar-refractivity contribution >= 4 is 11.8 Å². The molecule has 2 amide bonds. The standard InChI is InChI=1S/C22H39N3O4/c1-13-21(26)24-10-9-14-5-7-18(28-3)16(11-14)17-12-15(6-8-19(17)29-4)20(23-2)22(27)25-13/h13-20,23H,5-12H2,1-4H3,(H,24,26)(H,25,27)/t13-,14+,15-,16-,17-,18-,19-,20-/m0/s1. The van der Waals surface area contributed by atoms with E-state index in [1.165, 1.54) is 0 Å². The molecule has 166 valence electrons. The highest BCUT2D eigenvalue weighted by Crippen LogP contribution is 2.45. The molecule has 8 atom stereocenters. The third kappa shape index (κ3) is 5.12. The average molecular weight is 410 g/mol. The van der Waals surface area contributed by atoms with Crippen LogP contribution < -0.4 is 16.0 Å². The molecular weight excluding hydrogens is 370 g/mol. The van der Waals surface area contributed by atoms with E-state index in [2.05, 4.69) is 16.0 Å². The Labute approximate surface area is 175 Å². The summed E-state index contributed by atoms with van der Waals surface area (Å²) in [4.78, 5) is 25.4. The van der Waals surface area contributed by atoms with E-state index < -0.39 is 6.04 Å². The van der Waals surface area contributed by atoms with Gasteiger partial charge in [0.2, 0.25) is 11.8 Å². The van der Waals surface area contributed by atoms with Gasteiger partial charge in [-0.15, -0.1) is 0 Å². The number of hydrogen-bond donors (Lipinski definition) is 3. The molecular formula is C22H39N3O4. The molecule has 1 heterocycles. The van der Waals surface area contributed by atoms with E-state index in [0.29, 0.717) is 24.3 Å². The van der Waals surface area contributed by atoms with Gasteiger partial charge < -0.3 is 25.4 Å². The fourth-order valence-corrected chi connectivity index (χ4v) is 6.03. The van der Waals surface area contributed by atoms with Gasteiger partial charge in [0, 0.05) is 20.8 Å². The van der Waals surface area contributed by atoms with Gasteiger partial charge in [-0.05, 0) is 82.6 Å². The molecule has 3 N–H and O–H groups in total. The van der Waals surface area contributed by atoms with Gasteiger partial charge in [0.25, 0.3) is 0 Å². The van der Waals surface area contributed by atoms with Gasteiger partial charge >= 0.3 is 0 Å². The lowest BCUT2D eigenvalue weighted by Crippen LogP contribution is -2.55. The second-order valence-corrected chi connectivity index (χ2v) is 9.20. The molecule has 3 fully saturated rings. The van der Waals surface area contributed by atoms with Crippen molar-refractivity contribution in [2.24, 2.45) is 23.7 Å². The first-order valence-electron chi connectivity index (χ1n) is 11.3. The van der Waals surface area contributed by atoms with Crippen LogP contribution >= 0.6 is 0 Å². The molecule has 0 aromatic heterocycles. The van der Waals surface area contributed by atoms with E-state index in [0.717, 1.165) is 44.9 Å². The van der Waals surface area contributed by atoms with Crippen molar-refractivity contribution in [1.82, 2.24) is 16.0 Å². The van der Waals surface area contributed by atoms with Crippen LogP contribution in [-0.2, 0) is 19.1 Å². The van der Waals surface area contributed by atoms with Gasteiger partial charge in [0.1, 0.15) is 6.04 Å². The van der Waals surface area contributed by atoms with Crippen molar-refractivity contribution in [1.29, 1.82) is 0 Å². The molecule has 0 aromatic rings. The Morgan fingerprint density at radius 1 is 0.897 bits per heavy atom. The summed E-state index contributed by atoms with van der Waals surface area (Å²) in [6, 6.07) is -0.821. The third-order valence-corrected chi connectivity index (χ3v) is 7.64. The molecule has 4 bridgehead atoms. The maximum Gasteiger partial charge on any atom is 0.242 e. The molecule has 29 heavy (non-hydrogen) atoms. The van der Waals surface area contributed by atoms with Gasteiger partial charge in [-0.25, -0.2) is 0 Å². The predicted octanol–water partition coefficient (Wildman–Crippen LogP) is 1.46. The number of carbonyl (C=O) groups is 2. The van der Waals surface area contributed by atoms with Gasteiger partial charge in [0.05, 0.1) is 18.2 Å². The van der Waals surface area contributed by atoms with E-state index in [1.54, 1.807) is 6.92 Å². The van der Waals surface area contributed by atoms with Crippen molar-refractivity contribution in [3.63, 3.8) is 0 Å². The first kappa shape index (κ1) is 22.5. The van der Waals surface area contributed by atoms with Crippen LogP contribution in [0.1, 0.15) is 51.9 Å². The predicted molar refractivity (Wildman–Crippen MR) is 111 cm³/mol. The van der Waals surface area contributed by atoms with E-state index in [-0.39, 0.29) is 36.0 Å². The molecule has 1 saturated heterocycles. The van der Waals surface area contributed by atoms with Crippen molar-refractivity contribution in [2.75, 3.05) is 27.8 Å². The average Bonchev–Trinajstić information content (AvgIpc) is 2.73. The smallest absolute Gasteiger partial charge is 0.242 e. The highest BCUT2D eigenvalue weighted by Gasteiger charge is 2.44. The van der Waals surface area contributed by atoms with Crippen LogP contribution in [-0.4, -0.2) is 63.9 Å². The van der Waals surface area contributed by atoms with Crippen LogP contribution in [0.4, 0.5) is 0 Å². The van der Waals surface area contributed by atoms with E-state index in [4.69, 9.17) is 9.47 Å². The summed E-state index contributed by atoms with van der Waals surface area (Å²) in [5.74, 6) is 1.46. The SMILES string of the molecule is CN[C@@H]1C(=O)N[C@@H](C)C(=O)NCC[C@H]2CC[C@H](OC)[C@@H](C2)[C@@H]2C[C@@H]1CC[C@@H]2OC. The first-order chi connectivity index (χ1) is 14.0. The monoisotopic (exact) mass is 409 g/mol. The number of rotatable bonds is 3. The molecule has 2 saturated carbocycles. The van der Waals surface area contributed by atoms with Gasteiger partial charge in [-0.1, -0.05) is 0 Å². The lowest BCUT2D eigenvalue weighted by Gasteiger charge is -2.47. The van der Waals surface area contributed by atoms with Crippen LogP contribution in [0.2, 0.25) is 0 Å². The van der Waals surface area contributed by atoms with Crippen molar-refractivity contribution in [3.8, 4) is 0 Å². The van der Waals surface area contributed by atoms with Crippen molar-refractivity contribution in [3.05, 3.63) is 0 Å². The molecule has 3 rings (SSSR count). The van der Waals surface area contributed by atoms with E-state index in [9.17, 15) is 9.59 Å². The molecule has 0 radical (unpaired) electrons. The Morgan fingerprint density at radius 2 is 1.55 bits per heavy atom. The largest absolute Gasteiger partial charge is 0.381 e. The molecule has 2 aliphatic carbocycles. The lowest BCUT2D eigenvalue weighted by atomic mass is 9.64. The summed E-state index contributed by atoms with van der Waals surface area (Å²) >= 11 is 0. The van der Waals surface area contributed by atoms with Gasteiger partial charge in [0.15, 0.2) is 0 Å². The summed E-state index contributed by atoms with van der Waals surface area (Å²) in [7, 11) is 5.48. The number of ether oxygens (including phenoxy) is 2. The Balaban J connectivity index is 1.88. The third-order valence-electron chi connectivity index (χ3n) is 7.64. The maximum absolute atomic E-state index is 12.9. The number of hydrogen-bond acceptors (Lipinski definition) is 5. The normalized spacial score (nSPS) is 41.8. The van der Waals surface area contributed by atoms with Crippen LogP contribution in [0.5, 0.6) is 0 Å². The molecule has 7 nitrogen and oxygen atoms in total. The maximum atomic E-state index is 12.9. The fraction of sp³-hybridized carbons (Fsp3) is 0.909. The lowest BCUT2D eigenvalue weighted by molar-refractivity contribution is -0.132. The summed E-state index contributed by atoms with van der Waals surface area (Å²) in [6.45, 7) is 2.42. The number of nitrogens with one attached hydrogen (secondary N) is 3. The highest BCUT2D eigenvalue weighted by molar-refractivity contribution is 5.89. The summed E-state index contributed by atoms with van der Waals surface area (Å²) in [5.41, 5.74) is 0. The molecule has 1 aliphatic heterocycles. The van der Waals surface area contributed by atoms with Crippen molar-refractivity contribution < 1.29 is 19.1 Å². The highest BCUT2D eigenvalue weighted by atomic mass is 16.5. The minimum Gasteiger partial charge on any atom is -0.381 e. The Bertz CT molecular complexity index is 572. The summed E-state index contributed by atoms with van der Waals surface area (Å²) in [5, 5.41) is 9.14. The van der Waals surface area contributed by atoms with Crippen molar-refractivity contribution in [2.45, 2.75) is 76.2 Å². The molecule has 0 aromatic carbocycles. The Morgan fingerprint density at radius 3 is 2.21 bits per heavy atom. The van der Waals surface area contributed by atoms with Crippen LogP contribution in [0.15, 0.2) is 0 Å². The number of fused-ring (bicyclic) bond motifs is 5. The zero-order valence-electron chi connectivity index (χ0n) is 18.4. The number of carbonyl (C=O) groups excluding carboxylic acids is 2. The van der Waals surface area contributed by atoms with Crippen LogP contribution in [0, 0.1) is 23.7 Å². The quantitative estimate of drug-likeness (QED) is 0.657. The fourth-order valence-electron chi connectivity index (χ4n) is 6.03. The second kappa shape index (κ2) is 10.2. The molecule has 7 heteroatoms.